The number of nitrogens with zero attached hydrogens (tertiary/aromatic N) is 1. The van der Waals surface area contributed by atoms with E-state index in [2.05, 4.69) is 5.32 Å². The van der Waals surface area contributed by atoms with Crippen molar-refractivity contribution in [2.45, 2.75) is 37.9 Å². The molecule has 7 heteroatoms. The number of alkyl halides is 3. The van der Waals surface area contributed by atoms with Crippen molar-refractivity contribution < 1.29 is 23.1 Å². The summed E-state index contributed by atoms with van der Waals surface area (Å²) in [6.07, 6.45) is -0.531. The van der Waals surface area contributed by atoms with Crippen molar-refractivity contribution in [3.8, 4) is 0 Å². The first-order chi connectivity index (χ1) is 8.44. The maximum Gasteiger partial charge on any atom is 0.401 e. The normalized spacial score (nSPS) is 17.1. The third-order valence-electron chi connectivity index (χ3n) is 3.03. The molecule has 2 N–H and O–H groups in total. The second-order valence-electron chi connectivity index (χ2n) is 4.47. The molecular formula is C11H19F3N2O2. The zero-order chi connectivity index (χ0) is 13.6. The van der Waals surface area contributed by atoms with Crippen LogP contribution in [0.15, 0.2) is 0 Å². The minimum Gasteiger partial charge on any atom is -0.395 e. The van der Waals surface area contributed by atoms with Gasteiger partial charge in [-0.15, -0.1) is 0 Å². The van der Waals surface area contributed by atoms with Gasteiger partial charge in [0.2, 0.25) is 5.91 Å². The predicted octanol–water partition coefficient (Wildman–Crippen LogP) is 0.902. The molecule has 0 heterocycles. The fraction of sp³-hybridized carbons (Fsp3) is 0.909. The number of aliphatic hydroxyl groups excluding tert-OH is 1. The number of aliphatic hydroxyl groups is 1. The second kappa shape index (κ2) is 6.94. The quantitative estimate of drug-likeness (QED) is 0.752. The van der Waals surface area contributed by atoms with Crippen molar-refractivity contribution in [3.05, 3.63) is 0 Å². The summed E-state index contributed by atoms with van der Waals surface area (Å²) < 4.78 is 35.8. The lowest BCUT2D eigenvalue weighted by Gasteiger charge is -2.28. The molecule has 0 aromatic heterocycles. The van der Waals surface area contributed by atoms with Gasteiger partial charge in [0.05, 0.1) is 19.7 Å². The Bertz CT molecular complexity index is 266. The van der Waals surface area contributed by atoms with E-state index in [4.69, 9.17) is 5.11 Å². The highest BCUT2D eigenvalue weighted by Gasteiger charge is 2.29. The van der Waals surface area contributed by atoms with Crippen LogP contribution >= 0.6 is 0 Å². The summed E-state index contributed by atoms with van der Waals surface area (Å²) >= 11 is 0. The van der Waals surface area contributed by atoms with E-state index in [0.29, 0.717) is 0 Å². The van der Waals surface area contributed by atoms with Crippen molar-refractivity contribution in [3.63, 3.8) is 0 Å². The number of halogens is 3. The molecule has 0 spiro atoms. The van der Waals surface area contributed by atoms with Gasteiger partial charge in [0.15, 0.2) is 0 Å². The van der Waals surface area contributed by atoms with Crippen molar-refractivity contribution in [1.82, 2.24) is 10.2 Å². The van der Waals surface area contributed by atoms with Gasteiger partial charge in [-0.1, -0.05) is 12.8 Å². The Kier molecular flexibility index (Phi) is 5.87. The molecule has 0 aromatic carbocycles. The van der Waals surface area contributed by atoms with Gasteiger partial charge in [-0.3, -0.25) is 4.79 Å². The molecule has 1 aliphatic rings. The largest absolute Gasteiger partial charge is 0.401 e. The fourth-order valence-corrected chi connectivity index (χ4v) is 2.25. The van der Waals surface area contributed by atoms with Crippen LogP contribution in [0.1, 0.15) is 25.7 Å². The van der Waals surface area contributed by atoms with Crippen LogP contribution < -0.4 is 5.32 Å². The lowest BCUT2D eigenvalue weighted by molar-refractivity contribution is -0.136. The second-order valence-corrected chi connectivity index (χ2v) is 4.47. The first-order valence-electron chi connectivity index (χ1n) is 6.12. The summed E-state index contributed by atoms with van der Waals surface area (Å²) in [5.74, 6) is -0.375. The first kappa shape index (κ1) is 15.2. The van der Waals surface area contributed by atoms with Gasteiger partial charge in [-0.25, -0.2) is 0 Å². The molecule has 1 amide bonds. The number of carbonyl (C=O) groups excluding carboxylic acids is 1. The molecule has 0 bridgehead atoms. The standard InChI is InChI=1S/C11H19F3N2O2/c12-11(13,14)8-15-7-10(18)16(5-6-17)9-3-1-2-4-9/h9,15,17H,1-8H2. The number of amides is 1. The monoisotopic (exact) mass is 268 g/mol. The molecule has 0 saturated heterocycles. The van der Waals surface area contributed by atoms with E-state index in [9.17, 15) is 18.0 Å². The Hall–Kier alpha value is -0.820. The van der Waals surface area contributed by atoms with E-state index in [0.717, 1.165) is 25.7 Å². The highest BCUT2D eigenvalue weighted by atomic mass is 19.4. The van der Waals surface area contributed by atoms with Crippen molar-refractivity contribution in [2.24, 2.45) is 0 Å². The Morgan fingerprint density at radius 1 is 1.33 bits per heavy atom. The average Bonchev–Trinajstić information content (AvgIpc) is 2.77. The summed E-state index contributed by atoms with van der Waals surface area (Å²) in [6.45, 7) is -1.48. The maximum atomic E-state index is 11.9. The smallest absolute Gasteiger partial charge is 0.395 e. The molecule has 1 rings (SSSR count). The SMILES string of the molecule is O=C(CNCC(F)(F)F)N(CCO)C1CCCC1. The molecule has 0 atom stereocenters. The summed E-state index contributed by atoms with van der Waals surface area (Å²) in [4.78, 5) is 13.3. The lowest BCUT2D eigenvalue weighted by atomic mass is 10.2. The Morgan fingerprint density at radius 2 is 1.94 bits per heavy atom. The number of hydrogen-bond acceptors (Lipinski definition) is 3. The number of rotatable bonds is 6. The zero-order valence-corrected chi connectivity index (χ0v) is 10.2. The topological polar surface area (TPSA) is 52.6 Å². The molecular weight excluding hydrogens is 249 g/mol. The first-order valence-corrected chi connectivity index (χ1v) is 6.12. The van der Waals surface area contributed by atoms with Gasteiger partial charge in [-0.2, -0.15) is 13.2 Å². The molecule has 0 radical (unpaired) electrons. The fourth-order valence-electron chi connectivity index (χ4n) is 2.25. The number of nitrogens with one attached hydrogen (secondary N) is 1. The molecule has 0 unspecified atom stereocenters. The average molecular weight is 268 g/mol. The van der Waals surface area contributed by atoms with Crippen LogP contribution in [-0.2, 0) is 4.79 Å². The third kappa shape index (κ3) is 5.22. The van der Waals surface area contributed by atoms with Crippen LogP contribution in [-0.4, -0.2) is 54.4 Å². The van der Waals surface area contributed by atoms with Crippen LogP contribution in [0.3, 0.4) is 0 Å². The van der Waals surface area contributed by atoms with Crippen molar-refractivity contribution >= 4 is 5.91 Å². The van der Waals surface area contributed by atoms with Crippen LogP contribution in [0.25, 0.3) is 0 Å². The van der Waals surface area contributed by atoms with Crippen molar-refractivity contribution in [1.29, 1.82) is 0 Å². The van der Waals surface area contributed by atoms with E-state index < -0.39 is 12.7 Å². The van der Waals surface area contributed by atoms with Crippen LogP contribution in [0.5, 0.6) is 0 Å². The Balaban J connectivity index is 2.39. The van der Waals surface area contributed by atoms with Gasteiger partial charge in [0.1, 0.15) is 0 Å². The van der Waals surface area contributed by atoms with Gasteiger partial charge >= 0.3 is 6.18 Å². The van der Waals surface area contributed by atoms with Gasteiger partial charge in [0.25, 0.3) is 0 Å². The maximum absolute atomic E-state index is 11.9. The predicted molar refractivity (Wildman–Crippen MR) is 60.0 cm³/mol. The van der Waals surface area contributed by atoms with E-state index >= 15 is 0 Å². The minimum absolute atomic E-state index is 0.0670. The lowest BCUT2D eigenvalue weighted by Crippen LogP contribution is -2.46. The Morgan fingerprint density at radius 3 is 2.44 bits per heavy atom. The highest BCUT2D eigenvalue weighted by molar-refractivity contribution is 5.78. The molecule has 106 valence electrons. The van der Waals surface area contributed by atoms with Gasteiger partial charge in [0, 0.05) is 12.6 Å². The molecule has 4 nitrogen and oxygen atoms in total. The third-order valence-corrected chi connectivity index (χ3v) is 3.03. The molecule has 1 saturated carbocycles. The van der Waals surface area contributed by atoms with E-state index in [1.807, 2.05) is 0 Å². The van der Waals surface area contributed by atoms with E-state index in [1.165, 1.54) is 4.90 Å². The molecule has 0 aromatic rings. The van der Waals surface area contributed by atoms with Crippen molar-refractivity contribution in [2.75, 3.05) is 26.2 Å². The molecule has 1 aliphatic carbocycles. The van der Waals surface area contributed by atoms with E-state index in [-0.39, 0.29) is 31.6 Å². The summed E-state index contributed by atoms with van der Waals surface area (Å²) in [5.41, 5.74) is 0. The van der Waals surface area contributed by atoms with Crippen LogP contribution in [0.2, 0.25) is 0 Å². The summed E-state index contributed by atoms with van der Waals surface area (Å²) in [6, 6.07) is 0.0670. The molecule has 0 aliphatic heterocycles. The number of carbonyl (C=O) groups is 1. The summed E-state index contributed by atoms with van der Waals surface area (Å²) in [5, 5.41) is 11.0. The van der Waals surface area contributed by atoms with Crippen LogP contribution in [0, 0.1) is 0 Å². The Labute approximate surface area is 104 Å². The molecule has 1 fully saturated rings. The van der Waals surface area contributed by atoms with Crippen LogP contribution in [0.4, 0.5) is 13.2 Å². The zero-order valence-electron chi connectivity index (χ0n) is 10.2. The number of hydrogen-bond donors (Lipinski definition) is 2. The van der Waals surface area contributed by atoms with Gasteiger partial charge in [-0.05, 0) is 12.8 Å². The van der Waals surface area contributed by atoms with Gasteiger partial charge < -0.3 is 15.3 Å². The highest BCUT2D eigenvalue weighted by Crippen LogP contribution is 2.23. The van der Waals surface area contributed by atoms with E-state index in [1.54, 1.807) is 0 Å². The minimum atomic E-state index is -4.31. The summed E-state index contributed by atoms with van der Waals surface area (Å²) in [7, 11) is 0. The molecule has 18 heavy (non-hydrogen) atoms.